The minimum absolute atomic E-state index is 0.148. The largest absolute Gasteiger partial charge is 0.360 e. The standard InChI is InChI=1S/C14H23N3OS/c18-12-8-14(9-15-12)6-7-17(10-14)13(19)16-11-4-2-1-3-5-11/h11H,1-10H2,(H,15,18)(H,16,19). The van der Waals surface area contributed by atoms with Crippen LogP contribution in [0, 0.1) is 5.41 Å². The highest BCUT2D eigenvalue weighted by atomic mass is 32.1. The highest BCUT2D eigenvalue weighted by Gasteiger charge is 2.44. The minimum atomic E-state index is 0.148. The van der Waals surface area contributed by atoms with Crippen molar-refractivity contribution >= 4 is 23.2 Å². The maximum atomic E-state index is 11.4. The molecule has 1 unspecified atom stereocenters. The third-order valence-corrected chi connectivity index (χ3v) is 5.23. The van der Waals surface area contributed by atoms with Crippen LogP contribution in [0.1, 0.15) is 44.9 Å². The average Bonchev–Trinajstić information content (AvgIpc) is 2.98. The number of hydrogen-bond donors (Lipinski definition) is 2. The summed E-state index contributed by atoms with van der Waals surface area (Å²) in [5.41, 5.74) is 0.148. The minimum Gasteiger partial charge on any atom is -0.360 e. The van der Waals surface area contributed by atoms with Crippen molar-refractivity contribution in [1.82, 2.24) is 15.5 Å². The molecule has 3 fully saturated rings. The number of carbonyl (C=O) groups is 1. The van der Waals surface area contributed by atoms with Crippen LogP contribution in [-0.4, -0.2) is 41.6 Å². The van der Waals surface area contributed by atoms with E-state index in [1.54, 1.807) is 0 Å². The smallest absolute Gasteiger partial charge is 0.220 e. The normalized spacial score (nSPS) is 31.8. The molecular weight excluding hydrogens is 258 g/mol. The Morgan fingerprint density at radius 3 is 2.84 bits per heavy atom. The molecule has 4 nitrogen and oxygen atoms in total. The Kier molecular flexibility index (Phi) is 3.65. The molecule has 2 N–H and O–H groups in total. The molecule has 0 bridgehead atoms. The summed E-state index contributed by atoms with van der Waals surface area (Å²) in [5, 5.41) is 7.40. The summed E-state index contributed by atoms with van der Waals surface area (Å²) in [6, 6.07) is 0.570. The van der Waals surface area contributed by atoms with Gasteiger partial charge in [0.1, 0.15) is 0 Å². The van der Waals surface area contributed by atoms with E-state index in [1.807, 2.05) is 0 Å². The van der Waals surface area contributed by atoms with Crippen molar-refractivity contribution in [3.63, 3.8) is 0 Å². The van der Waals surface area contributed by atoms with Gasteiger partial charge in [0.05, 0.1) is 0 Å². The highest BCUT2D eigenvalue weighted by molar-refractivity contribution is 7.80. The maximum absolute atomic E-state index is 11.4. The van der Waals surface area contributed by atoms with Gasteiger partial charge in [-0.25, -0.2) is 0 Å². The van der Waals surface area contributed by atoms with Gasteiger partial charge in [-0.1, -0.05) is 19.3 Å². The molecule has 1 spiro atoms. The Balaban J connectivity index is 1.52. The lowest BCUT2D eigenvalue weighted by Gasteiger charge is -2.29. The number of rotatable bonds is 1. The lowest BCUT2D eigenvalue weighted by atomic mass is 9.86. The molecule has 106 valence electrons. The summed E-state index contributed by atoms with van der Waals surface area (Å²) < 4.78 is 0. The van der Waals surface area contributed by atoms with Crippen molar-refractivity contribution in [2.24, 2.45) is 5.41 Å². The molecule has 0 radical (unpaired) electrons. The van der Waals surface area contributed by atoms with E-state index < -0.39 is 0 Å². The number of nitrogens with zero attached hydrogens (tertiary/aromatic N) is 1. The molecule has 1 atom stereocenters. The van der Waals surface area contributed by atoms with E-state index in [4.69, 9.17) is 12.2 Å². The molecule has 2 saturated heterocycles. The molecule has 3 aliphatic rings. The molecule has 2 aliphatic heterocycles. The molecule has 3 rings (SSSR count). The van der Waals surface area contributed by atoms with Crippen LogP contribution < -0.4 is 10.6 Å². The fourth-order valence-electron chi connectivity index (χ4n) is 3.66. The second-order valence-corrected chi connectivity index (χ2v) is 6.80. The van der Waals surface area contributed by atoms with Crippen molar-refractivity contribution < 1.29 is 4.79 Å². The molecule has 0 aromatic heterocycles. The van der Waals surface area contributed by atoms with Crippen LogP contribution in [0.25, 0.3) is 0 Å². The van der Waals surface area contributed by atoms with E-state index in [0.717, 1.165) is 31.2 Å². The first-order chi connectivity index (χ1) is 9.17. The molecular formula is C14H23N3OS. The number of amides is 1. The van der Waals surface area contributed by atoms with Gasteiger partial charge in [-0.2, -0.15) is 0 Å². The van der Waals surface area contributed by atoms with Gasteiger partial charge in [0.15, 0.2) is 5.11 Å². The number of nitrogens with one attached hydrogen (secondary N) is 2. The fourth-order valence-corrected chi connectivity index (χ4v) is 3.98. The van der Waals surface area contributed by atoms with Crippen molar-refractivity contribution in [3.05, 3.63) is 0 Å². The monoisotopic (exact) mass is 281 g/mol. The Labute approximate surface area is 120 Å². The second-order valence-electron chi connectivity index (χ2n) is 6.41. The van der Waals surface area contributed by atoms with Gasteiger partial charge in [0.25, 0.3) is 0 Å². The topological polar surface area (TPSA) is 44.4 Å². The zero-order valence-electron chi connectivity index (χ0n) is 11.4. The van der Waals surface area contributed by atoms with Gasteiger partial charge in [-0.3, -0.25) is 4.79 Å². The molecule has 19 heavy (non-hydrogen) atoms. The Bertz CT molecular complexity index is 381. The average molecular weight is 281 g/mol. The van der Waals surface area contributed by atoms with Gasteiger partial charge in [-0.05, 0) is 31.5 Å². The Morgan fingerprint density at radius 2 is 2.16 bits per heavy atom. The van der Waals surface area contributed by atoms with E-state index in [9.17, 15) is 4.79 Å². The van der Waals surface area contributed by atoms with Gasteiger partial charge < -0.3 is 15.5 Å². The third kappa shape index (κ3) is 2.86. The lowest BCUT2D eigenvalue weighted by molar-refractivity contribution is -0.119. The summed E-state index contributed by atoms with van der Waals surface area (Å²) in [7, 11) is 0. The first-order valence-electron chi connectivity index (χ1n) is 7.49. The van der Waals surface area contributed by atoms with Crippen LogP contribution in [0.2, 0.25) is 0 Å². The first-order valence-corrected chi connectivity index (χ1v) is 7.90. The molecule has 2 heterocycles. The van der Waals surface area contributed by atoms with Crippen LogP contribution in [-0.2, 0) is 4.79 Å². The summed E-state index contributed by atoms with van der Waals surface area (Å²) in [6.07, 6.45) is 8.27. The number of carbonyl (C=O) groups excluding carboxylic acids is 1. The van der Waals surface area contributed by atoms with E-state index in [0.29, 0.717) is 12.5 Å². The lowest BCUT2D eigenvalue weighted by Crippen LogP contribution is -2.45. The number of thiocarbonyl (C=S) groups is 1. The van der Waals surface area contributed by atoms with E-state index in [-0.39, 0.29) is 11.3 Å². The third-order valence-electron chi connectivity index (χ3n) is 4.85. The van der Waals surface area contributed by atoms with Crippen LogP contribution in [0.3, 0.4) is 0 Å². The SMILES string of the molecule is O=C1CC2(CCN(C(=S)NC3CCCCC3)C2)CN1. The van der Waals surface area contributed by atoms with E-state index in [1.165, 1.54) is 32.1 Å². The first kappa shape index (κ1) is 13.2. The fraction of sp³-hybridized carbons (Fsp3) is 0.857. The van der Waals surface area contributed by atoms with Crippen molar-refractivity contribution in [3.8, 4) is 0 Å². The molecule has 1 amide bonds. The van der Waals surface area contributed by atoms with Crippen molar-refractivity contribution in [2.75, 3.05) is 19.6 Å². The quantitative estimate of drug-likeness (QED) is 0.713. The van der Waals surface area contributed by atoms with Gasteiger partial charge in [0.2, 0.25) is 5.91 Å². The highest BCUT2D eigenvalue weighted by Crippen LogP contribution is 2.36. The van der Waals surface area contributed by atoms with E-state index in [2.05, 4.69) is 15.5 Å². The summed E-state index contributed by atoms with van der Waals surface area (Å²) in [5.74, 6) is 0.202. The maximum Gasteiger partial charge on any atom is 0.220 e. The van der Waals surface area contributed by atoms with Gasteiger partial charge in [0, 0.05) is 37.5 Å². The zero-order valence-corrected chi connectivity index (χ0v) is 12.2. The Morgan fingerprint density at radius 1 is 1.37 bits per heavy atom. The molecule has 0 aromatic carbocycles. The van der Waals surface area contributed by atoms with Gasteiger partial charge >= 0.3 is 0 Å². The summed E-state index contributed by atoms with van der Waals surface area (Å²) >= 11 is 5.55. The van der Waals surface area contributed by atoms with Crippen LogP contribution in [0.15, 0.2) is 0 Å². The molecule has 1 saturated carbocycles. The van der Waals surface area contributed by atoms with Crippen LogP contribution in [0.5, 0.6) is 0 Å². The molecule has 1 aliphatic carbocycles. The Hall–Kier alpha value is -0.840. The van der Waals surface area contributed by atoms with E-state index >= 15 is 0 Å². The molecule has 0 aromatic rings. The second kappa shape index (κ2) is 5.27. The number of hydrogen-bond acceptors (Lipinski definition) is 2. The van der Waals surface area contributed by atoms with Gasteiger partial charge in [-0.15, -0.1) is 0 Å². The van der Waals surface area contributed by atoms with Crippen LogP contribution in [0.4, 0.5) is 0 Å². The molecule has 5 heteroatoms. The van der Waals surface area contributed by atoms with Crippen molar-refractivity contribution in [1.29, 1.82) is 0 Å². The van der Waals surface area contributed by atoms with Crippen LogP contribution >= 0.6 is 12.2 Å². The number of likely N-dealkylation sites (tertiary alicyclic amines) is 1. The summed E-state index contributed by atoms with van der Waals surface area (Å²) in [6.45, 7) is 2.76. The van der Waals surface area contributed by atoms with Crippen molar-refractivity contribution in [2.45, 2.75) is 51.0 Å². The predicted octanol–water partition coefficient (Wildman–Crippen LogP) is 1.41. The summed E-state index contributed by atoms with van der Waals surface area (Å²) in [4.78, 5) is 13.7. The predicted molar refractivity (Wildman–Crippen MR) is 78.9 cm³/mol. The zero-order chi connectivity index (χ0) is 13.3.